The highest BCUT2D eigenvalue weighted by Crippen LogP contribution is 2.31. The molecule has 0 radical (unpaired) electrons. The van der Waals surface area contributed by atoms with Gasteiger partial charge in [-0.2, -0.15) is 0 Å². The Balaban J connectivity index is 1.51. The first-order valence-electron chi connectivity index (χ1n) is 11.3. The second kappa shape index (κ2) is 10.9. The van der Waals surface area contributed by atoms with Crippen molar-refractivity contribution in [2.45, 2.75) is 23.6 Å². The largest absolute Gasteiger partial charge is 0.457 e. The Labute approximate surface area is 206 Å². The Morgan fingerprint density at radius 3 is 1.29 bits per heavy atom. The van der Waals surface area contributed by atoms with Crippen molar-refractivity contribution >= 4 is 22.0 Å². The normalized spacial score (nSPS) is 11.7. The molecule has 0 saturated heterocycles. The average molecular weight is 483 g/mol. The summed E-state index contributed by atoms with van der Waals surface area (Å²) in [4.78, 5) is 0.386. The van der Waals surface area contributed by atoms with E-state index in [9.17, 15) is 8.42 Å². The summed E-state index contributed by atoms with van der Waals surface area (Å²) in [6, 6.07) is 28.2. The summed E-state index contributed by atoms with van der Waals surface area (Å²) in [5, 5.41) is 0. The van der Waals surface area contributed by atoms with Crippen LogP contribution in [-0.4, -0.2) is 8.42 Å². The fourth-order valence-electron chi connectivity index (χ4n) is 3.55. The SMILES string of the molecule is C/C=C/c1ccccc1Oc1ccc(S(=O)(=O)c2ccc(Oc3ccccc3/C=C/C)cc2)cc1. The van der Waals surface area contributed by atoms with Gasteiger partial charge in [0.1, 0.15) is 23.0 Å². The summed E-state index contributed by atoms with van der Waals surface area (Å²) in [5.74, 6) is 2.52. The Morgan fingerprint density at radius 2 is 0.914 bits per heavy atom. The van der Waals surface area contributed by atoms with Crippen LogP contribution in [0.3, 0.4) is 0 Å². The smallest absolute Gasteiger partial charge is 0.206 e. The van der Waals surface area contributed by atoms with E-state index in [4.69, 9.17) is 9.47 Å². The van der Waals surface area contributed by atoms with Crippen LogP contribution in [0.15, 0.2) is 119 Å². The number of ether oxygens (including phenoxy) is 2. The van der Waals surface area contributed by atoms with Crippen molar-refractivity contribution in [1.82, 2.24) is 0 Å². The predicted molar refractivity (Wildman–Crippen MR) is 141 cm³/mol. The molecule has 0 atom stereocenters. The Hall–Kier alpha value is -4.09. The van der Waals surface area contributed by atoms with Gasteiger partial charge < -0.3 is 9.47 Å². The fourth-order valence-corrected chi connectivity index (χ4v) is 4.81. The Bertz CT molecular complexity index is 1340. The van der Waals surface area contributed by atoms with Crippen LogP contribution in [0.5, 0.6) is 23.0 Å². The van der Waals surface area contributed by atoms with Crippen molar-refractivity contribution < 1.29 is 17.9 Å². The van der Waals surface area contributed by atoms with Crippen LogP contribution in [0.25, 0.3) is 12.2 Å². The van der Waals surface area contributed by atoms with E-state index in [1.54, 1.807) is 48.5 Å². The molecule has 0 heterocycles. The fraction of sp³-hybridized carbons (Fsp3) is 0.0667. The molecule has 35 heavy (non-hydrogen) atoms. The third-order valence-electron chi connectivity index (χ3n) is 5.25. The van der Waals surface area contributed by atoms with Crippen LogP contribution in [0.1, 0.15) is 25.0 Å². The zero-order valence-electron chi connectivity index (χ0n) is 19.6. The third kappa shape index (κ3) is 5.70. The second-order valence-electron chi connectivity index (χ2n) is 7.73. The van der Waals surface area contributed by atoms with E-state index in [1.807, 2.05) is 86.7 Å². The van der Waals surface area contributed by atoms with E-state index in [-0.39, 0.29) is 9.79 Å². The van der Waals surface area contributed by atoms with E-state index in [0.717, 1.165) is 11.1 Å². The molecule has 0 saturated carbocycles. The van der Waals surface area contributed by atoms with Gasteiger partial charge in [-0.3, -0.25) is 0 Å². The first kappa shape index (κ1) is 24.0. The topological polar surface area (TPSA) is 52.6 Å². The van der Waals surface area contributed by atoms with Gasteiger partial charge in [-0.05, 0) is 74.5 Å². The van der Waals surface area contributed by atoms with Crippen LogP contribution in [-0.2, 0) is 9.84 Å². The first-order chi connectivity index (χ1) is 17.0. The van der Waals surface area contributed by atoms with Gasteiger partial charge in [0.05, 0.1) is 9.79 Å². The van der Waals surface area contributed by atoms with Gasteiger partial charge in [-0.15, -0.1) is 0 Å². The predicted octanol–water partition coefficient (Wildman–Crippen LogP) is 8.17. The zero-order valence-corrected chi connectivity index (χ0v) is 20.4. The van der Waals surface area contributed by atoms with Crippen molar-refractivity contribution in [2.24, 2.45) is 0 Å². The molecule has 0 aliphatic rings. The average Bonchev–Trinajstić information content (AvgIpc) is 2.87. The molecule has 0 aliphatic carbocycles. The number of hydrogen-bond donors (Lipinski definition) is 0. The highest BCUT2D eigenvalue weighted by molar-refractivity contribution is 7.91. The molecule has 0 aromatic heterocycles. The molecule has 0 fully saturated rings. The highest BCUT2D eigenvalue weighted by atomic mass is 32.2. The molecule has 0 amide bonds. The Morgan fingerprint density at radius 1 is 0.543 bits per heavy atom. The van der Waals surface area contributed by atoms with Crippen molar-refractivity contribution in [2.75, 3.05) is 0 Å². The molecule has 4 rings (SSSR count). The van der Waals surface area contributed by atoms with Crippen molar-refractivity contribution in [3.63, 3.8) is 0 Å². The van der Waals surface area contributed by atoms with Gasteiger partial charge in [-0.1, -0.05) is 60.7 Å². The lowest BCUT2D eigenvalue weighted by Gasteiger charge is -2.11. The maximum atomic E-state index is 13.2. The minimum absolute atomic E-state index is 0.193. The minimum Gasteiger partial charge on any atom is -0.457 e. The summed E-state index contributed by atoms with van der Waals surface area (Å²) >= 11 is 0. The van der Waals surface area contributed by atoms with Gasteiger partial charge in [0.2, 0.25) is 9.84 Å². The Kier molecular flexibility index (Phi) is 7.48. The molecule has 0 spiro atoms. The van der Waals surface area contributed by atoms with E-state index < -0.39 is 9.84 Å². The summed E-state index contributed by atoms with van der Waals surface area (Å²) in [7, 11) is -3.69. The maximum absolute atomic E-state index is 13.2. The monoisotopic (exact) mass is 482 g/mol. The van der Waals surface area contributed by atoms with E-state index in [1.165, 1.54) is 0 Å². The zero-order chi connectivity index (χ0) is 24.7. The lowest BCUT2D eigenvalue weighted by atomic mass is 10.2. The van der Waals surface area contributed by atoms with Gasteiger partial charge in [0, 0.05) is 11.1 Å². The van der Waals surface area contributed by atoms with Crippen molar-refractivity contribution in [3.05, 3.63) is 120 Å². The molecular weight excluding hydrogens is 456 g/mol. The minimum atomic E-state index is -3.69. The molecule has 0 bridgehead atoms. The third-order valence-corrected chi connectivity index (χ3v) is 7.04. The summed E-state index contributed by atoms with van der Waals surface area (Å²) in [5.41, 5.74) is 1.89. The summed E-state index contributed by atoms with van der Waals surface area (Å²) < 4.78 is 38.2. The van der Waals surface area contributed by atoms with E-state index >= 15 is 0 Å². The molecule has 4 aromatic carbocycles. The van der Waals surface area contributed by atoms with Crippen LogP contribution < -0.4 is 9.47 Å². The number of sulfone groups is 1. The van der Waals surface area contributed by atoms with E-state index in [0.29, 0.717) is 23.0 Å². The molecule has 0 unspecified atom stereocenters. The molecular formula is C30H26O4S. The van der Waals surface area contributed by atoms with Gasteiger partial charge in [-0.25, -0.2) is 8.42 Å². The summed E-state index contributed by atoms with van der Waals surface area (Å²) in [6.45, 7) is 3.88. The molecule has 176 valence electrons. The maximum Gasteiger partial charge on any atom is 0.206 e. The number of benzene rings is 4. The molecule has 0 N–H and O–H groups in total. The van der Waals surface area contributed by atoms with Gasteiger partial charge in [0.25, 0.3) is 0 Å². The second-order valence-corrected chi connectivity index (χ2v) is 9.68. The highest BCUT2D eigenvalue weighted by Gasteiger charge is 2.18. The molecule has 4 aromatic rings. The molecule has 4 nitrogen and oxygen atoms in total. The standard InChI is InChI=1S/C30H26O4S/c1-3-9-23-11-5-7-13-29(23)33-25-15-19-27(20-16-25)35(31,32)28-21-17-26(18-22-28)34-30-14-8-6-12-24(30)10-4-2/h3-22H,1-2H3/b9-3+,10-4+. The number of hydrogen-bond acceptors (Lipinski definition) is 4. The van der Waals surface area contributed by atoms with Crippen molar-refractivity contribution in [1.29, 1.82) is 0 Å². The van der Waals surface area contributed by atoms with Crippen LogP contribution >= 0.6 is 0 Å². The lowest BCUT2D eigenvalue weighted by Crippen LogP contribution is -2.02. The number of para-hydroxylation sites is 2. The molecule has 5 heteroatoms. The first-order valence-corrected chi connectivity index (χ1v) is 12.7. The van der Waals surface area contributed by atoms with Gasteiger partial charge in [0.15, 0.2) is 0 Å². The number of rotatable bonds is 8. The van der Waals surface area contributed by atoms with Gasteiger partial charge >= 0.3 is 0 Å². The van der Waals surface area contributed by atoms with Crippen LogP contribution in [0.4, 0.5) is 0 Å². The quantitative estimate of drug-likeness (QED) is 0.254. The van der Waals surface area contributed by atoms with Crippen LogP contribution in [0.2, 0.25) is 0 Å². The lowest BCUT2D eigenvalue weighted by molar-refractivity contribution is 0.481. The van der Waals surface area contributed by atoms with Crippen LogP contribution in [0, 0.1) is 0 Å². The van der Waals surface area contributed by atoms with E-state index in [2.05, 4.69) is 0 Å². The summed E-state index contributed by atoms with van der Waals surface area (Å²) in [6.07, 6.45) is 7.80. The molecule has 0 aliphatic heterocycles. The van der Waals surface area contributed by atoms with Crippen molar-refractivity contribution in [3.8, 4) is 23.0 Å². The number of allylic oxidation sites excluding steroid dienone is 2.